The molecular formula is C17H17ClN4O3. The van der Waals surface area contributed by atoms with Gasteiger partial charge in [-0.1, -0.05) is 13.8 Å². The summed E-state index contributed by atoms with van der Waals surface area (Å²) in [4.78, 5) is 31.8. The number of nitrogens with one attached hydrogen (secondary N) is 2. The number of rotatable bonds is 3. The minimum atomic E-state index is -0.572. The van der Waals surface area contributed by atoms with Crippen molar-refractivity contribution in [2.75, 3.05) is 19.0 Å². The Hall–Kier alpha value is -2.67. The Bertz CT molecular complexity index is 867. The highest BCUT2D eigenvalue weighted by atomic mass is 35.5. The lowest BCUT2D eigenvalue weighted by Crippen LogP contribution is -2.43. The van der Waals surface area contributed by atoms with E-state index in [1.807, 2.05) is 6.07 Å². The van der Waals surface area contributed by atoms with Crippen LogP contribution < -0.4 is 10.6 Å². The van der Waals surface area contributed by atoms with Gasteiger partial charge in [-0.3, -0.25) is 4.79 Å². The third-order valence-corrected chi connectivity index (χ3v) is 4.29. The maximum atomic E-state index is 12.0. The van der Waals surface area contributed by atoms with Crippen molar-refractivity contribution in [2.24, 2.45) is 0 Å². The molecule has 2 N–H and O–H groups in total. The van der Waals surface area contributed by atoms with Gasteiger partial charge in [0.05, 0.1) is 7.11 Å². The average molecular weight is 361 g/mol. The number of methoxy groups -OCH3 is 1. The molecule has 25 heavy (non-hydrogen) atoms. The Labute approximate surface area is 149 Å². The number of anilines is 2. The Kier molecular flexibility index (Phi) is 4.34. The number of benzene rings is 1. The first-order valence-corrected chi connectivity index (χ1v) is 8.00. The largest absolute Gasteiger partial charge is 0.465 e. The van der Waals surface area contributed by atoms with Crippen molar-refractivity contribution in [3.8, 4) is 0 Å². The Morgan fingerprint density at radius 2 is 2.16 bits per heavy atom. The van der Waals surface area contributed by atoms with Crippen LogP contribution in [0.5, 0.6) is 0 Å². The van der Waals surface area contributed by atoms with Gasteiger partial charge in [0.1, 0.15) is 11.4 Å². The minimum Gasteiger partial charge on any atom is -0.465 e. The predicted octanol–water partition coefficient (Wildman–Crippen LogP) is 2.68. The van der Waals surface area contributed by atoms with Crippen LogP contribution in [-0.4, -0.2) is 35.5 Å². The quantitative estimate of drug-likeness (QED) is 0.645. The van der Waals surface area contributed by atoms with Crippen molar-refractivity contribution in [2.45, 2.75) is 19.3 Å². The molecule has 2 heterocycles. The zero-order valence-corrected chi connectivity index (χ0v) is 14.8. The molecule has 1 aliphatic rings. The topological polar surface area (TPSA) is 93.2 Å². The molecule has 0 radical (unpaired) electrons. The number of amides is 1. The molecule has 130 valence electrons. The Morgan fingerprint density at radius 1 is 1.40 bits per heavy atom. The molecule has 1 aliphatic heterocycles. The first-order valence-electron chi connectivity index (χ1n) is 7.62. The standard InChI is InChI=1S/C17H17ClN4O3/c1-17(2)8-20-14(23)10-5-4-9(6-12(10)17)21-13-11(15(24)25-3)7-19-16(18)22-13/h4-7H,8H2,1-3H3,(H,20,23)(H,19,21,22). The summed E-state index contributed by atoms with van der Waals surface area (Å²) in [5.74, 6) is -0.428. The van der Waals surface area contributed by atoms with E-state index >= 15 is 0 Å². The second-order valence-electron chi connectivity index (χ2n) is 6.34. The third-order valence-electron chi connectivity index (χ3n) is 4.11. The third kappa shape index (κ3) is 3.28. The molecule has 0 saturated heterocycles. The molecule has 3 rings (SSSR count). The van der Waals surface area contributed by atoms with E-state index in [0.717, 1.165) is 5.56 Å². The summed E-state index contributed by atoms with van der Waals surface area (Å²) in [5, 5.41) is 5.95. The van der Waals surface area contributed by atoms with Crippen LogP contribution in [0.2, 0.25) is 5.28 Å². The molecule has 1 amide bonds. The zero-order valence-electron chi connectivity index (χ0n) is 14.0. The van der Waals surface area contributed by atoms with Crippen LogP contribution in [0.15, 0.2) is 24.4 Å². The van der Waals surface area contributed by atoms with Gasteiger partial charge in [0.2, 0.25) is 5.28 Å². The van der Waals surface area contributed by atoms with Crippen LogP contribution in [0.1, 0.15) is 40.1 Å². The van der Waals surface area contributed by atoms with Crippen LogP contribution in [0.3, 0.4) is 0 Å². The maximum Gasteiger partial charge on any atom is 0.343 e. The number of aromatic nitrogens is 2. The Balaban J connectivity index is 2.02. The summed E-state index contributed by atoms with van der Waals surface area (Å²) in [5.41, 5.74) is 2.19. The molecule has 0 aliphatic carbocycles. The summed E-state index contributed by atoms with van der Waals surface area (Å²) in [6, 6.07) is 5.37. The summed E-state index contributed by atoms with van der Waals surface area (Å²) in [6.45, 7) is 4.65. The summed E-state index contributed by atoms with van der Waals surface area (Å²) < 4.78 is 4.74. The molecule has 0 saturated carbocycles. The molecule has 2 aromatic rings. The zero-order chi connectivity index (χ0) is 18.2. The number of fused-ring (bicyclic) bond motifs is 1. The van der Waals surface area contributed by atoms with Crippen LogP contribution in [0.25, 0.3) is 0 Å². The van der Waals surface area contributed by atoms with Gasteiger partial charge in [0, 0.05) is 29.4 Å². The summed E-state index contributed by atoms with van der Waals surface area (Å²) >= 11 is 5.84. The second-order valence-corrected chi connectivity index (χ2v) is 6.68. The number of hydrogen-bond acceptors (Lipinski definition) is 6. The monoisotopic (exact) mass is 360 g/mol. The SMILES string of the molecule is COC(=O)c1cnc(Cl)nc1Nc1ccc2c(c1)C(C)(C)CNC2=O. The fourth-order valence-electron chi connectivity index (χ4n) is 2.72. The predicted molar refractivity (Wildman–Crippen MR) is 93.5 cm³/mol. The molecule has 1 aromatic carbocycles. The number of carbonyl (C=O) groups excluding carboxylic acids is 2. The average Bonchev–Trinajstić information content (AvgIpc) is 2.58. The van der Waals surface area contributed by atoms with Crippen LogP contribution >= 0.6 is 11.6 Å². The molecule has 1 aromatic heterocycles. The van der Waals surface area contributed by atoms with Crippen molar-refractivity contribution < 1.29 is 14.3 Å². The van der Waals surface area contributed by atoms with Crippen molar-refractivity contribution in [3.05, 3.63) is 46.4 Å². The molecule has 0 bridgehead atoms. The van der Waals surface area contributed by atoms with Gasteiger partial charge in [-0.15, -0.1) is 0 Å². The number of nitrogens with zero attached hydrogens (tertiary/aromatic N) is 2. The maximum absolute atomic E-state index is 12.0. The van der Waals surface area contributed by atoms with Crippen LogP contribution in [-0.2, 0) is 10.2 Å². The van der Waals surface area contributed by atoms with E-state index in [1.165, 1.54) is 13.3 Å². The van der Waals surface area contributed by atoms with E-state index in [9.17, 15) is 9.59 Å². The lowest BCUT2D eigenvalue weighted by atomic mass is 9.79. The molecule has 0 spiro atoms. The molecule has 0 atom stereocenters. The van der Waals surface area contributed by atoms with Gasteiger partial charge in [-0.25, -0.2) is 9.78 Å². The highest BCUT2D eigenvalue weighted by Gasteiger charge is 2.31. The van der Waals surface area contributed by atoms with E-state index in [-0.39, 0.29) is 28.0 Å². The second kappa shape index (κ2) is 6.33. The molecule has 7 nitrogen and oxygen atoms in total. The fourth-order valence-corrected chi connectivity index (χ4v) is 2.86. The summed E-state index contributed by atoms with van der Waals surface area (Å²) in [6.07, 6.45) is 1.30. The molecule has 8 heteroatoms. The number of ether oxygens (including phenoxy) is 1. The highest BCUT2D eigenvalue weighted by Crippen LogP contribution is 2.32. The van der Waals surface area contributed by atoms with Gasteiger partial charge < -0.3 is 15.4 Å². The summed E-state index contributed by atoms with van der Waals surface area (Å²) in [7, 11) is 1.28. The normalized spacial score (nSPS) is 15.1. The Morgan fingerprint density at radius 3 is 2.88 bits per heavy atom. The minimum absolute atomic E-state index is 0.00724. The van der Waals surface area contributed by atoms with E-state index in [2.05, 4.69) is 34.4 Å². The van der Waals surface area contributed by atoms with Crippen molar-refractivity contribution in [1.82, 2.24) is 15.3 Å². The lowest BCUT2D eigenvalue weighted by Gasteiger charge is -2.32. The molecule has 0 unspecified atom stereocenters. The van der Waals surface area contributed by atoms with Gasteiger partial charge in [-0.05, 0) is 35.4 Å². The fraction of sp³-hybridized carbons (Fsp3) is 0.294. The van der Waals surface area contributed by atoms with Gasteiger partial charge >= 0.3 is 5.97 Å². The van der Waals surface area contributed by atoms with E-state index in [1.54, 1.807) is 12.1 Å². The van der Waals surface area contributed by atoms with Gasteiger partial charge in [0.15, 0.2) is 0 Å². The van der Waals surface area contributed by atoms with E-state index < -0.39 is 5.97 Å². The van der Waals surface area contributed by atoms with Crippen molar-refractivity contribution in [1.29, 1.82) is 0 Å². The van der Waals surface area contributed by atoms with E-state index in [0.29, 0.717) is 17.8 Å². The van der Waals surface area contributed by atoms with Gasteiger partial charge in [-0.2, -0.15) is 4.98 Å². The highest BCUT2D eigenvalue weighted by molar-refractivity contribution is 6.28. The van der Waals surface area contributed by atoms with Crippen molar-refractivity contribution in [3.63, 3.8) is 0 Å². The molecular weight excluding hydrogens is 344 g/mol. The first-order chi connectivity index (χ1) is 11.8. The first kappa shape index (κ1) is 17.2. The van der Waals surface area contributed by atoms with Crippen LogP contribution in [0, 0.1) is 0 Å². The number of hydrogen-bond donors (Lipinski definition) is 2. The van der Waals surface area contributed by atoms with Crippen molar-refractivity contribution >= 4 is 35.0 Å². The van der Waals surface area contributed by atoms with Crippen LogP contribution in [0.4, 0.5) is 11.5 Å². The number of esters is 1. The number of carbonyl (C=O) groups is 2. The van der Waals surface area contributed by atoms with E-state index in [4.69, 9.17) is 16.3 Å². The van der Waals surface area contributed by atoms with Gasteiger partial charge in [0.25, 0.3) is 5.91 Å². The molecule has 0 fully saturated rings. The number of halogens is 1. The lowest BCUT2D eigenvalue weighted by molar-refractivity contribution is 0.0601. The smallest absolute Gasteiger partial charge is 0.343 e.